The molecule has 1 aliphatic rings. The van der Waals surface area contributed by atoms with Crippen LogP contribution in [0.5, 0.6) is 11.5 Å². The van der Waals surface area contributed by atoms with E-state index in [1.54, 1.807) is 0 Å². The van der Waals surface area contributed by atoms with Crippen LogP contribution in [0, 0.1) is 5.92 Å². The predicted molar refractivity (Wildman–Crippen MR) is 127 cm³/mol. The number of carbonyl (C=O) groups is 1. The maximum atomic E-state index is 11.5. The minimum atomic E-state index is -0.157. The SMILES string of the molecule is COC(=O)C1CN(Cc2ccc(-c3noc(-c4ccc(Oc5ccccc5)cc4)n3)c(Cl)c2)C1. The first-order valence-electron chi connectivity index (χ1n) is 10.8. The molecule has 1 saturated heterocycles. The molecule has 5 rings (SSSR count). The Morgan fingerprint density at radius 3 is 2.50 bits per heavy atom. The van der Waals surface area contributed by atoms with Gasteiger partial charge in [0.05, 0.1) is 18.1 Å². The zero-order valence-electron chi connectivity index (χ0n) is 18.5. The maximum Gasteiger partial charge on any atom is 0.311 e. The average Bonchev–Trinajstić information content (AvgIpc) is 3.32. The van der Waals surface area contributed by atoms with Gasteiger partial charge in [-0.1, -0.05) is 41.0 Å². The molecule has 0 N–H and O–H groups in total. The van der Waals surface area contributed by atoms with E-state index in [0.717, 1.165) is 16.9 Å². The molecule has 0 atom stereocenters. The molecule has 1 aliphatic heterocycles. The van der Waals surface area contributed by atoms with Gasteiger partial charge < -0.3 is 14.0 Å². The number of hydrogen-bond acceptors (Lipinski definition) is 7. The zero-order chi connectivity index (χ0) is 23.5. The summed E-state index contributed by atoms with van der Waals surface area (Å²) in [7, 11) is 1.42. The fourth-order valence-electron chi connectivity index (χ4n) is 3.85. The number of benzene rings is 3. The summed E-state index contributed by atoms with van der Waals surface area (Å²) in [5.74, 6) is 2.10. The van der Waals surface area contributed by atoms with Gasteiger partial charge in [-0.15, -0.1) is 0 Å². The average molecular weight is 476 g/mol. The molecule has 0 amide bonds. The summed E-state index contributed by atoms with van der Waals surface area (Å²) in [4.78, 5) is 18.2. The van der Waals surface area contributed by atoms with Crippen LogP contribution in [-0.4, -0.2) is 41.2 Å². The smallest absolute Gasteiger partial charge is 0.311 e. The van der Waals surface area contributed by atoms with Crippen molar-refractivity contribution >= 4 is 17.6 Å². The number of carbonyl (C=O) groups excluding carboxylic acids is 1. The molecule has 7 nitrogen and oxygen atoms in total. The van der Waals surface area contributed by atoms with E-state index in [0.29, 0.717) is 47.7 Å². The molecular weight excluding hydrogens is 454 g/mol. The van der Waals surface area contributed by atoms with Crippen molar-refractivity contribution < 1.29 is 18.8 Å². The Kier molecular flexibility index (Phi) is 6.29. The van der Waals surface area contributed by atoms with E-state index in [4.69, 9.17) is 25.6 Å². The fourth-order valence-corrected chi connectivity index (χ4v) is 4.14. The second-order valence-corrected chi connectivity index (χ2v) is 8.50. The number of methoxy groups -OCH3 is 1. The van der Waals surface area contributed by atoms with Crippen LogP contribution in [0.2, 0.25) is 5.02 Å². The molecule has 0 unspecified atom stereocenters. The molecule has 1 aromatic heterocycles. The summed E-state index contributed by atoms with van der Waals surface area (Å²) in [5.41, 5.74) is 2.53. The van der Waals surface area contributed by atoms with Crippen LogP contribution < -0.4 is 4.74 Å². The van der Waals surface area contributed by atoms with Crippen LogP contribution >= 0.6 is 11.6 Å². The Morgan fingerprint density at radius 2 is 1.79 bits per heavy atom. The second-order valence-electron chi connectivity index (χ2n) is 8.09. The van der Waals surface area contributed by atoms with Gasteiger partial charge in [0.15, 0.2) is 0 Å². The van der Waals surface area contributed by atoms with Gasteiger partial charge in [0.1, 0.15) is 11.5 Å². The minimum Gasteiger partial charge on any atom is -0.469 e. The number of hydrogen-bond donors (Lipinski definition) is 0. The summed E-state index contributed by atoms with van der Waals surface area (Å²) in [6.07, 6.45) is 0. The summed E-state index contributed by atoms with van der Waals surface area (Å²) in [6, 6.07) is 22.8. The van der Waals surface area contributed by atoms with Gasteiger partial charge in [-0.25, -0.2) is 0 Å². The Hall–Kier alpha value is -3.68. The van der Waals surface area contributed by atoms with Crippen molar-refractivity contribution in [1.82, 2.24) is 15.0 Å². The third kappa shape index (κ3) is 4.81. The van der Waals surface area contributed by atoms with Crippen molar-refractivity contribution in [3.63, 3.8) is 0 Å². The maximum absolute atomic E-state index is 11.5. The number of likely N-dealkylation sites (tertiary alicyclic amines) is 1. The van der Waals surface area contributed by atoms with E-state index in [1.165, 1.54) is 7.11 Å². The van der Waals surface area contributed by atoms with Crippen molar-refractivity contribution in [3.8, 4) is 34.3 Å². The van der Waals surface area contributed by atoms with Gasteiger partial charge in [0.25, 0.3) is 5.89 Å². The molecule has 3 aromatic carbocycles. The number of ether oxygens (including phenoxy) is 2. The second kappa shape index (κ2) is 9.67. The van der Waals surface area contributed by atoms with Crippen LogP contribution in [0.3, 0.4) is 0 Å². The Labute approximate surface area is 201 Å². The minimum absolute atomic E-state index is 0.0449. The summed E-state index contributed by atoms with van der Waals surface area (Å²) in [5, 5.41) is 4.65. The van der Waals surface area contributed by atoms with E-state index < -0.39 is 0 Å². The fraction of sp³-hybridized carbons (Fsp3) is 0.192. The molecule has 2 heterocycles. The first-order valence-corrected chi connectivity index (χ1v) is 11.2. The summed E-state index contributed by atoms with van der Waals surface area (Å²) < 4.78 is 16.1. The van der Waals surface area contributed by atoms with E-state index in [-0.39, 0.29) is 11.9 Å². The van der Waals surface area contributed by atoms with Crippen LogP contribution in [0.25, 0.3) is 22.8 Å². The molecular formula is C26H22ClN3O4. The Bertz CT molecular complexity index is 1290. The monoisotopic (exact) mass is 475 g/mol. The van der Waals surface area contributed by atoms with Crippen LogP contribution in [0.1, 0.15) is 5.56 Å². The highest BCUT2D eigenvalue weighted by Gasteiger charge is 2.33. The molecule has 0 aliphatic carbocycles. The van der Waals surface area contributed by atoms with Crippen molar-refractivity contribution in [2.24, 2.45) is 5.92 Å². The third-order valence-corrected chi connectivity index (χ3v) is 5.99. The van der Waals surface area contributed by atoms with Gasteiger partial charge in [0, 0.05) is 30.8 Å². The summed E-state index contributed by atoms with van der Waals surface area (Å²) >= 11 is 6.53. The van der Waals surface area contributed by atoms with Crippen molar-refractivity contribution in [2.45, 2.75) is 6.54 Å². The van der Waals surface area contributed by atoms with Gasteiger partial charge in [-0.05, 0) is 54.1 Å². The number of esters is 1. The molecule has 34 heavy (non-hydrogen) atoms. The number of rotatable bonds is 7. The van der Waals surface area contributed by atoms with Crippen molar-refractivity contribution in [3.05, 3.63) is 83.4 Å². The zero-order valence-corrected chi connectivity index (χ0v) is 19.2. The molecule has 0 bridgehead atoms. The molecule has 172 valence electrons. The van der Waals surface area contributed by atoms with E-state index >= 15 is 0 Å². The molecule has 0 spiro atoms. The van der Waals surface area contributed by atoms with Crippen molar-refractivity contribution in [2.75, 3.05) is 20.2 Å². The molecule has 0 saturated carbocycles. The van der Waals surface area contributed by atoms with Crippen molar-refractivity contribution in [1.29, 1.82) is 0 Å². The number of nitrogens with zero attached hydrogens (tertiary/aromatic N) is 3. The lowest BCUT2D eigenvalue weighted by Crippen LogP contribution is -2.49. The van der Waals surface area contributed by atoms with Gasteiger partial charge in [-0.2, -0.15) is 4.98 Å². The quantitative estimate of drug-likeness (QED) is 0.329. The lowest BCUT2D eigenvalue weighted by Gasteiger charge is -2.37. The van der Waals surface area contributed by atoms with Crippen LogP contribution in [-0.2, 0) is 16.1 Å². The number of halogens is 1. The van der Waals surface area contributed by atoms with Crippen LogP contribution in [0.15, 0.2) is 77.3 Å². The number of aromatic nitrogens is 2. The highest BCUT2D eigenvalue weighted by molar-refractivity contribution is 6.33. The summed E-state index contributed by atoms with van der Waals surface area (Å²) in [6.45, 7) is 2.09. The Balaban J connectivity index is 1.24. The topological polar surface area (TPSA) is 77.7 Å². The molecule has 8 heteroatoms. The lowest BCUT2D eigenvalue weighted by atomic mass is 9.99. The Morgan fingerprint density at radius 1 is 1.06 bits per heavy atom. The van der Waals surface area contributed by atoms with Gasteiger partial charge >= 0.3 is 5.97 Å². The van der Waals surface area contributed by atoms with E-state index in [1.807, 2.05) is 72.8 Å². The molecule has 0 radical (unpaired) electrons. The first-order chi connectivity index (χ1) is 16.6. The largest absolute Gasteiger partial charge is 0.469 e. The third-order valence-electron chi connectivity index (χ3n) is 5.68. The molecule has 1 fully saturated rings. The van der Waals surface area contributed by atoms with E-state index in [9.17, 15) is 4.79 Å². The number of para-hydroxylation sites is 1. The highest BCUT2D eigenvalue weighted by atomic mass is 35.5. The molecule has 4 aromatic rings. The van der Waals surface area contributed by atoms with Crippen LogP contribution in [0.4, 0.5) is 0 Å². The first kappa shape index (κ1) is 22.1. The normalized spacial score (nSPS) is 13.9. The lowest BCUT2D eigenvalue weighted by molar-refractivity contribution is -0.151. The van der Waals surface area contributed by atoms with E-state index in [2.05, 4.69) is 15.0 Å². The van der Waals surface area contributed by atoms with Gasteiger partial charge in [-0.3, -0.25) is 9.69 Å². The standard InChI is InChI=1S/C26H22ClN3O4/c1-32-26(31)19-15-30(16-19)14-17-7-12-22(23(27)13-17)24-28-25(34-29-24)18-8-10-21(11-9-18)33-20-5-3-2-4-6-20/h2-13,19H,14-16H2,1H3. The predicted octanol–water partition coefficient (Wildman–Crippen LogP) is 5.45. The highest BCUT2D eigenvalue weighted by Crippen LogP contribution is 2.31. The van der Waals surface area contributed by atoms with Gasteiger partial charge in [0.2, 0.25) is 5.82 Å².